The van der Waals surface area contributed by atoms with Gasteiger partial charge < -0.3 is 5.11 Å². The normalized spacial score (nSPS) is 14.7. The van der Waals surface area contributed by atoms with Gasteiger partial charge in [0.05, 0.1) is 0 Å². The average Bonchev–Trinajstić information content (AvgIpc) is 1.97. The number of aliphatic hydroxyl groups is 1. The summed E-state index contributed by atoms with van der Waals surface area (Å²) in [4.78, 5) is 0. The zero-order valence-electron chi connectivity index (χ0n) is 9.73. The van der Waals surface area contributed by atoms with Crippen molar-refractivity contribution in [2.24, 2.45) is 0 Å². The molecule has 0 amide bonds. The molecule has 0 spiro atoms. The molecule has 0 saturated heterocycles. The summed E-state index contributed by atoms with van der Waals surface area (Å²) in [5, 5.41) is 10.1. The Morgan fingerprint density at radius 2 is 1.77 bits per heavy atom. The third-order valence-corrected chi connectivity index (χ3v) is 8.41. The summed E-state index contributed by atoms with van der Waals surface area (Å²) in [5.74, 6) is 5.91. The molecule has 0 aromatic carbocycles. The Morgan fingerprint density at radius 3 is 2.08 bits per heavy atom. The highest BCUT2D eigenvalue weighted by Gasteiger charge is 2.40. The van der Waals surface area contributed by atoms with Gasteiger partial charge in [-0.1, -0.05) is 46.7 Å². The van der Waals surface area contributed by atoms with E-state index >= 15 is 0 Å². The van der Waals surface area contributed by atoms with Crippen LogP contribution in [0, 0.1) is 11.8 Å². The summed E-state index contributed by atoms with van der Waals surface area (Å²) < 4.78 is 0. The third-order valence-electron chi connectivity index (χ3n) is 3.03. The van der Waals surface area contributed by atoms with Gasteiger partial charge in [0, 0.05) is 6.42 Å². The molecule has 0 radical (unpaired) electrons. The largest absolute Gasteiger partial charge is 0.384 e. The fraction of sp³-hybridized carbons (Fsp3) is 0.818. The van der Waals surface area contributed by atoms with E-state index < -0.39 is 13.8 Å². The van der Waals surface area contributed by atoms with Gasteiger partial charge in [-0.2, -0.15) is 0 Å². The molecule has 1 N–H and O–H groups in total. The highest BCUT2D eigenvalue weighted by molar-refractivity contribution is 6.81. The molecule has 0 fully saturated rings. The van der Waals surface area contributed by atoms with Crippen molar-refractivity contribution in [3.63, 3.8) is 0 Å². The molecule has 76 valence electrons. The fourth-order valence-electron chi connectivity index (χ4n) is 0.789. The lowest BCUT2D eigenvalue weighted by Crippen LogP contribution is -2.48. The van der Waals surface area contributed by atoms with Gasteiger partial charge in [0.2, 0.25) is 0 Å². The summed E-state index contributed by atoms with van der Waals surface area (Å²) in [7, 11) is -1.66. The molecule has 0 aliphatic heterocycles. The number of rotatable bonds is 1. The van der Waals surface area contributed by atoms with Gasteiger partial charge in [-0.15, -0.1) is 5.92 Å². The van der Waals surface area contributed by atoms with Crippen LogP contribution in [0.2, 0.25) is 18.1 Å². The van der Waals surface area contributed by atoms with Crippen LogP contribution in [-0.4, -0.2) is 18.9 Å². The molecule has 0 aromatic heterocycles. The molecule has 2 heteroatoms. The standard InChI is InChI=1S/C11H22OSi/c1-7-8-9-10(12)13(5,6)11(2,3)4/h10,12H,7H2,1-6H3. The Bertz CT molecular complexity index is 214. The van der Waals surface area contributed by atoms with E-state index in [0.29, 0.717) is 0 Å². The fourth-order valence-corrected chi connectivity index (χ4v) is 2.07. The Balaban J connectivity index is 4.64. The van der Waals surface area contributed by atoms with Crippen molar-refractivity contribution in [3.8, 4) is 11.8 Å². The molecule has 1 nitrogen and oxygen atoms in total. The summed E-state index contributed by atoms with van der Waals surface area (Å²) >= 11 is 0. The number of hydrogen-bond donors (Lipinski definition) is 1. The van der Waals surface area contributed by atoms with Crippen LogP contribution in [0.1, 0.15) is 34.1 Å². The summed E-state index contributed by atoms with van der Waals surface area (Å²) in [6.45, 7) is 13.0. The van der Waals surface area contributed by atoms with Crippen LogP contribution >= 0.6 is 0 Å². The lowest BCUT2D eigenvalue weighted by Gasteiger charge is -2.38. The zero-order chi connectivity index (χ0) is 10.7. The van der Waals surface area contributed by atoms with Crippen molar-refractivity contribution >= 4 is 8.07 Å². The van der Waals surface area contributed by atoms with Crippen molar-refractivity contribution in [2.75, 3.05) is 0 Å². The van der Waals surface area contributed by atoms with E-state index in [0.717, 1.165) is 6.42 Å². The maximum atomic E-state index is 9.93. The highest BCUT2D eigenvalue weighted by atomic mass is 28.3. The van der Waals surface area contributed by atoms with Crippen LogP contribution in [0.3, 0.4) is 0 Å². The van der Waals surface area contributed by atoms with E-state index in [1.807, 2.05) is 6.92 Å². The smallest absolute Gasteiger partial charge is 0.103 e. The van der Waals surface area contributed by atoms with E-state index in [1.165, 1.54) is 0 Å². The SMILES string of the molecule is CCC#CC(O)[Si](C)(C)C(C)(C)C. The van der Waals surface area contributed by atoms with E-state index in [2.05, 4.69) is 45.7 Å². The summed E-state index contributed by atoms with van der Waals surface area (Å²) in [5.41, 5.74) is -0.396. The Hall–Kier alpha value is -0.263. The van der Waals surface area contributed by atoms with Gasteiger partial charge in [-0.05, 0) is 5.04 Å². The minimum Gasteiger partial charge on any atom is -0.384 e. The maximum Gasteiger partial charge on any atom is 0.103 e. The second-order valence-electron chi connectivity index (χ2n) is 5.05. The predicted octanol–water partition coefficient (Wildman–Crippen LogP) is 2.81. The van der Waals surface area contributed by atoms with E-state index in [4.69, 9.17) is 0 Å². The van der Waals surface area contributed by atoms with Crippen LogP contribution in [0.15, 0.2) is 0 Å². The Morgan fingerprint density at radius 1 is 1.31 bits per heavy atom. The first-order valence-corrected chi connectivity index (χ1v) is 7.97. The first-order chi connectivity index (χ1) is 5.73. The first kappa shape index (κ1) is 12.7. The molecular formula is C11H22OSi. The van der Waals surface area contributed by atoms with Crippen LogP contribution in [-0.2, 0) is 0 Å². The minimum absolute atomic E-state index is 0.203. The van der Waals surface area contributed by atoms with Gasteiger partial charge in [0.15, 0.2) is 0 Å². The van der Waals surface area contributed by atoms with Gasteiger partial charge >= 0.3 is 0 Å². The number of aliphatic hydroxyl groups excluding tert-OH is 1. The van der Waals surface area contributed by atoms with Crippen LogP contribution in [0.5, 0.6) is 0 Å². The molecule has 1 unspecified atom stereocenters. The second-order valence-corrected chi connectivity index (χ2v) is 10.5. The molecular weight excluding hydrogens is 176 g/mol. The molecule has 13 heavy (non-hydrogen) atoms. The molecule has 0 heterocycles. The van der Waals surface area contributed by atoms with Crippen molar-refractivity contribution in [3.05, 3.63) is 0 Å². The van der Waals surface area contributed by atoms with Gasteiger partial charge in [-0.3, -0.25) is 0 Å². The quantitative estimate of drug-likeness (QED) is 0.507. The van der Waals surface area contributed by atoms with E-state index in [1.54, 1.807) is 0 Å². The predicted molar refractivity (Wildman–Crippen MR) is 61.3 cm³/mol. The van der Waals surface area contributed by atoms with Gasteiger partial charge in [-0.25, -0.2) is 0 Å². The molecule has 1 atom stereocenters. The first-order valence-electron chi connectivity index (χ1n) is 4.90. The minimum atomic E-state index is -1.66. The monoisotopic (exact) mass is 198 g/mol. The molecule has 0 aliphatic carbocycles. The molecule has 0 aliphatic rings. The van der Waals surface area contributed by atoms with Gasteiger partial charge in [0.1, 0.15) is 13.8 Å². The summed E-state index contributed by atoms with van der Waals surface area (Å²) in [6.07, 6.45) is 0.825. The lowest BCUT2D eigenvalue weighted by molar-refractivity contribution is 0.292. The zero-order valence-corrected chi connectivity index (χ0v) is 10.7. The highest BCUT2D eigenvalue weighted by Crippen LogP contribution is 2.37. The van der Waals surface area contributed by atoms with Gasteiger partial charge in [0.25, 0.3) is 0 Å². The van der Waals surface area contributed by atoms with Crippen LogP contribution < -0.4 is 0 Å². The van der Waals surface area contributed by atoms with E-state index in [-0.39, 0.29) is 5.04 Å². The molecule has 0 bridgehead atoms. The second kappa shape index (κ2) is 4.30. The third kappa shape index (κ3) is 3.17. The Kier molecular flexibility index (Phi) is 4.21. The van der Waals surface area contributed by atoms with Crippen LogP contribution in [0.25, 0.3) is 0 Å². The topological polar surface area (TPSA) is 20.2 Å². The molecule has 0 saturated carbocycles. The van der Waals surface area contributed by atoms with Crippen molar-refractivity contribution in [1.29, 1.82) is 0 Å². The average molecular weight is 198 g/mol. The maximum absolute atomic E-state index is 9.93. The lowest BCUT2D eigenvalue weighted by atomic mass is 10.2. The van der Waals surface area contributed by atoms with Crippen molar-refractivity contribution in [1.82, 2.24) is 0 Å². The Labute approximate surface area is 83.6 Å². The summed E-state index contributed by atoms with van der Waals surface area (Å²) in [6, 6.07) is 0. The van der Waals surface area contributed by atoms with Crippen LogP contribution in [0.4, 0.5) is 0 Å². The van der Waals surface area contributed by atoms with Crippen molar-refractivity contribution in [2.45, 2.75) is 58.0 Å². The molecule has 0 aromatic rings. The van der Waals surface area contributed by atoms with E-state index in [9.17, 15) is 5.11 Å². The van der Waals surface area contributed by atoms with Crippen molar-refractivity contribution < 1.29 is 5.11 Å². The number of hydrogen-bond acceptors (Lipinski definition) is 1. The molecule has 0 rings (SSSR count).